The van der Waals surface area contributed by atoms with E-state index in [1.54, 1.807) is 0 Å². The van der Waals surface area contributed by atoms with Crippen molar-refractivity contribution in [2.24, 2.45) is 0 Å². The largest absolute Gasteiger partial charge is 0.394 e. The van der Waals surface area contributed by atoms with Crippen LogP contribution >= 0.6 is 0 Å². The van der Waals surface area contributed by atoms with Gasteiger partial charge in [-0.15, -0.1) is 0 Å². The maximum Gasteiger partial charge on any atom is 0.109 e. The maximum absolute atomic E-state index is 9.85. The van der Waals surface area contributed by atoms with Gasteiger partial charge in [0.15, 0.2) is 0 Å². The minimum absolute atomic E-state index is 0.197. The molecule has 0 aromatic carbocycles. The molecule has 1 aliphatic rings. The third-order valence-electron chi connectivity index (χ3n) is 3.21. The number of aliphatic hydroxyl groups is 4. The fraction of sp³-hybridized carbons (Fsp3) is 1.00. The summed E-state index contributed by atoms with van der Waals surface area (Å²) in [5.41, 5.74) is -0.866. The van der Waals surface area contributed by atoms with Crippen molar-refractivity contribution >= 4 is 0 Å². The normalized spacial score (nSPS) is 41.8. The maximum atomic E-state index is 9.85. The van der Waals surface area contributed by atoms with E-state index in [-0.39, 0.29) is 13.2 Å². The molecule has 0 radical (unpaired) electrons. The Morgan fingerprint density at radius 1 is 1.33 bits per heavy atom. The van der Waals surface area contributed by atoms with E-state index in [4.69, 9.17) is 0 Å². The van der Waals surface area contributed by atoms with E-state index in [1.807, 2.05) is 6.92 Å². The van der Waals surface area contributed by atoms with Crippen molar-refractivity contribution in [3.05, 3.63) is 0 Å². The van der Waals surface area contributed by atoms with Crippen molar-refractivity contribution < 1.29 is 20.4 Å². The monoisotopic (exact) mass is 219 g/mol. The van der Waals surface area contributed by atoms with Crippen LogP contribution in [0, 0.1) is 0 Å². The van der Waals surface area contributed by atoms with Gasteiger partial charge in [0.1, 0.15) is 12.2 Å². The fourth-order valence-corrected chi connectivity index (χ4v) is 2.03. The van der Waals surface area contributed by atoms with E-state index < -0.39 is 23.9 Å². The number of unbranched alkanes of at least 4 members (excludes halogenated alkanes) is 1. The third kappa shape index (κ3) is 2.49. The second-order valence-electron chi connectivity index (χ2n) is 4.30. The lowest BCUT2D eigenvalue weighted by molar-refractivity contribution is -0.135. The second-order valence-corrected chi connectivity index (χ2v) is 4.30. The smallest absolute Gasteiger partial charge is 0.109 e. The molecule has 0 aliphatic carbocycles. The average Bonchev–Trinajstić information content (AvgIpc) is 2.26. The number of nitrogens with one attached hydrogen (secondary N) is 1. The summed E-state index contributed by atoms with van der Waals surface area (Å²) in [5, 5.41) is 41.0. The SMILES string of the molecule is CCCC[C@]1(CO)NC[C@H](O)[C@@H](O)[C@@H]1O. The van der Waals surface area contributed by atoms with Gasteiger partial charge in [-0.1, -0.05) is 19.8 Å². The minimum atomic E-state index is -1.18. The number of hydrogen-bond acceptors (Lipinski definition) is 5. The number of hydrogen-bond donors (Lipinski definition) is 5. The zero-order valence-electron chi connectivity index (χ0n) is 9.06. The second kappa shape index (κ2) is 5.23. The Hall–Kier alpha value is -0.200. The van der Waals surface area contributed by atoms with Crippen LogP contribution < -0.4 is 5.32 Å². The molecule has 5 heteroatoms. The lowest BCUT2D eigenvalue weighted by atomic mass is 9.80. The molecule has 1 heterocycles. The molecule has 15 heavy (non-hydrogen) atoms. The highest BCUT2D eigenvalue weighted by Gasteiger charge is 2.46. The Balaban J connectivity index is 2.71. The lowest BCUT2D eigenvalue weighted by Crippen LogP contribution is -2.69. The molecule has 1 fully saturated rings. The van der Waals surface area contributed by atoms with Crippen LogP contribution in [0.3, 0.4) is 0 Å². The number of β-amino-alcohol motifs (C(OH)–C–C–N with tert-alkyl or cyclic N) is 1. The molecule has 0 bridgehead atoms. The molecule has 0 saturated carbocycles. The first-order valence-corrected chi connectivity index (χ1v) is 5.47. The van der Waals surface area contributed by atoms with E-state index in [2.05, 4.69) is 5.32 Å². The first-order chi connectivity index (χ1) is 7.07. The van der Waals surface area contributed by atoms with Gasteiger partial charge in [-0.05, 0) is 6.42 Å². The van der Waals surface area contributed by atoms with Crippen LogP contribution in [-0.2, 0) is 0 Å². The summed E-state index contributed by atoms with van der Waals surface area (Å²) in [6.07, 6.45) is -0.887. The van der Waals surface area contributed by atoms with Crippen molar-refractivity contribution in [2.45, 2.75) is 50.0 Å². The molecule has 1 saturated heterocycles. The Bertz CT molecular complexity index is 198. The predicted molar refractivity (Wildman–Crippen MR) is 55.4 cm³/mol. The van der Waals surface area contributed by atoms with Gasteiger partial charge in [-0.2, -0.15) is 0 Å². The molecule has 1 aliphatic heterocycles. The molecule has 0 amide bonds. The first-order valence-electron chi connectivity index (χ1n) is 5.47. The Kier molecular flexibility index (Phi) is 4.48. The minimum Gasteiger partial charge on any atom is -0.394 e. The van der Waals surface area contributed by atoms with Crippen molar-refractivity contribution in [1.82, 2.24) is 5.32 Å². The molecular weight excluding hydrogens is 198 g/mol. The highest BCUT2D eigenvalue weighted by molar-refractivity contribution is 5.03. The van der Waals surface area contributed by atoms with Crippen LogP contribution in [0.15, 0.2) is 0 Å². The lowest BCUT2D eigenvalue weighted by Gasteiger charge is -2.45. The highest BCUT2D eigenvalue weighted by Crippen LogP contribution is 2.25. The highest BCUT2D eigenvalue weighted by atomic mass is 16.4. The van der Waals surface area contributed by atoms with E-state index in [9.17, 15) is 20.4 Å². The third-order valence-corrected chi connectivity index (χ3v) is 3.21. The molecule has 0 unspecified atom stereocenters. The predicted octanol–water partition coefficient (Wildman–Crippen LogP) is -1.41. The molecule has 5 nitrogen and oxygen atoms in total. The molecule has 5 N–H and O–H groups in total. The van der Waals surface area contributed by atoms with Crippen LogP contribution in [0.25, 0.3) is 0 Å². The van der Waals surface area contributed by atoms with Gasteiger partial charge < -0.3 is 25.7 Å². The Morgan fingerprint density at radius 2 is 2.00 bits per heavy atom. The van der Waals surface area contributed by atoms with Gasteiger partial charge in [-0.3, -0.25) is 0 Å². The topological polar surface area (TPSA) is 93.0 Å². The average molecular weight is 219 g/mol. The van der Waals surface area contributed by atoms with Crippen molar-refractivity contribution in [3.63, 3.8) is 0 Å². The fourth-order valence-electron chi connectivity index (χ4n) is 2.03. The Morgan fingerprint density at radius 3 is 2.53 bits per heavy atom. The standard InChI is InChI=1S/C10H21NO4/c1-2-3-4-10(6-12)9(15)8(14)7(13)5-11-10/h7-9,11-15H,2-6H2,1H3/t7-,8+,9-,10+/m0/s1. The summed E-state index contributed by atoms with van der Waals surface area (Å²) in [4.78, 5) is 0. The van der Waals surface area contributed by atoms with Crippen LogP contribution in [0.1, 0.15) is 26.2 Å². The molecule has 4 atom stereocenters. The summed E-state index contributed by atoms with van der Waals surface area (Å²) in [6.45, 7) is 1.98. The molecule has 0 aromatic heterocycles. The molecule has 90 valence electrons. The number of piperidine rings is 1. The summed E-state index contributed by atoms with van der Waals surface area (Å²) in [7, 11) is 0. The van der Waals surface area contributed by atoms with Crippen LogP contribution in [0.5, 0.6) is 0 Å². The number of aliphatic hydroxyl groups excluding tert-OH is 4. The van der Waals surface area contributed by atoms with Gasteiger partial charge in [0.2, 0.25) is 0 Å². The van der Waals surface area contributed by atoms with Crippen LogP contribution in [-0.4, -0.2) is 57.4 Å². The van der Waals surface area contributed by atoms with Crippen molar-refractivity contribution in [1.29, 1.82) is 0 Å². The Labute approximate surface area is 89.7 Å². The van der Waals surface area contributed by atoms with Crippen LogP contribution in [0.4, 0.5) is 0 Å². The van der Waals surface area contributed by atoms with Gasteiger partial charge in [0, 0.05) is 6.54 Å². The summed E-state index contributed by atoms with van der Waals surface area (Å²) >= 11 is 0. The van der Waals surface area contributed by atoms with Crippen molar-refractivity contribution in [3.8, 4) is 0 Å². The quantitative estimate of drug-likeness (QED) is 0.401. The summed E-state index contributed by atoms with van der Waals surface area (Å²) in [5.74, 6) is 0. The van der Waals surface area contributed by atoms with Crippen molar-refractivity contribution in [2.75, 3.05) is 13.2 Å². The molecule has 1 rings (SSSR count). The molecule has 0 aromatic rings. The van der Waals surface area contributed by atoms with E-state index >= 15 is 0 Å². The van der Waals surface area contributed by atoms with E-state index in [0.717, 1.165) is 12.8 Å². The first kappa shape index (κ1) is 12.9. The van der Waals surface area contributed by atoms with Gasteiger partial charge in [-0.25, -0.2) is 0 Å². The van der Waals surface area contributed by atoms with E-state index in [1.165, 1.54) is 0 Å². The van der Waals surface area contributed by atoms with Crippen LogP contribution in [0.2, 0.25) is 0 Å². The van der Waals surface area contributed by atoms with Gasteiger partial charge in [0.25, 0.3) is 0 Å². The number of rotatable bonds is 4. The van der Waals surface area contributed by atoms with Gasteiger partial charge >= 0.3 is 0 Å². The summed E-state index contributed by atoms with van der Waals surface area (Å²) < 4.78 is 0. The molecule has 0 spiro atoms. The van der Waals surface area contributed by atoms with Gasteiger partial charge in [0.05, 0.1) is 18.2 Å². The zero-order valence-corrected chi connectivity index (χ0v) is 9.06. The zero-order chi connectivity index (χ0) is 11.5. The molecular formula is C10H21NO4. The summed E-state index contributed by atoms with van der Waals surface area (Å²) in [6, 6.07) is 0. The van der Waals surface area contributed by atoms with E-state index in [0.29, 0.717) is 6.42 Å².